The van der Waals surface area contributed by atoms with Gasteiger partial charge in [-0.15, -0.1) is 0 Å². The Morgan fingerprint density at radius 2 is 2.22 bits per heavy atom. The number of hydrogen-bond acceptors (Lipinski definition) is 4. The van der Waals surface area contributed by atoms with Crippen molar-refractivity contribution in [2.75, 3.05) is 26.7 Å². The van der Waals surface area contributed by atoms with Gasteiger partial charge >= 0.3 is 6.09 Å². The molecule has 2 atom stereocenters. The van der Waals surface area contributed by atoms with Gasteiger partial charge in [-0.3, -0.25) is 9.88 Å². The summed E-state index contributed by atoms with van der Waals surface area (Å²) in [7, 11) is 2.12. The minimum Gasteiger partial charge on any atom is -0.444 e. The molecule has 0 bridgehead atoms. The first-order valence-corrected chi connectivity index (χ1v) is 8.35. The van der Waals surface area contributed by atoms with Crippen molar-refractivity contribution in [3.05, 3.63) is 30.1 Å². The van der Waals surface area contributed by atoms with Crippen LogP contribution in [0.2, 0.25) is 0 Å². The van der Waals surface area contributed by atoms with Crippen LogP contribution in [0.15, 0.2) is 24.4 Å². The molecule has 2 heterocycles. The largest absolute Gasteiger partial charge is 0.444 e. The van der Waals surface area contributed by atoms with Gasteiger partial charge in [0.15, 0.2) is 0 Å². The molecule has 2 unspecified atom stereocenters. The Morgan fingerprint density at radius 1 is 1.48 bits per heavy atom. The molecule has 0 aromatic carbocycles. The van der Waals surface area contributed by atoms with Crippen LogP contribution in [0.1, 0.15) is 45.9 Å². The molecule has 5 heteroatoms. The second-order valence-electron chi connectivity index (χ2n) is 7.45. The molecule has 5 nitrogen and oxygen atoms in total. The monoisotopic (exact) mass is 319 g/mol. The highest BCUT2D eigenvalue weighted by atomic mass is 16.6. The third-order valence-corrected chi connectivity index (χ3v) is 4.26. The summed E-state index contributed by atoms with van der Waals surface area (Å²) in [6.45, 7) is 10.4. The van der Waals surface area contributed by atoms with Crippen molar-refractivity contribution in [1.82, 2.24) is 14.8 Å². The SMILES string of the molecule is CC(c1ccccn1)N(C)CC1CCN(C(=O)OC(C)(C)C)C1. The molecule has 1 saturated heterocycles. The van der Waals surface area contributed by atoms with Crippen molar-refractivity contribution in [3.63, 3.8) is 0 Å². The molecule has 0 saturated carbocycles. The summed E-state index contributed by atoms with van der Waals surface area (Å²) in [5.41, 5.74) is 0.649. The van der Waals surface area contributed by atoms with Gasteiger partial charge in [0.25, 0.3) is 0 Å². The fraction of sp³-hybridized carbons (Fsp3) is 0.667. The summed E-state index contributed by atoms with van der Waals surface area (Å²) in [5, 5.41) is 0. The summed E-state index contributed by atoms with van der Waals surface area (Å²) in [5.74, 6) is 0.485. The number of ether oxygens (including phenoxy) is 1. The van der Waals surface area contributed by atoms with Gasteiger partial charge in [-0.2, -0.15) is 0 Å². The molecule has 1 aromatic rings. The van der Waals surface area contributed by atoms with E-state index in [1.165, 1.54) is 0 Å². The zero-order chi connectivity index (χ0) is 17.0. The number of nitrogens with zero attached hydrogens (tertiary/aromatic N) is 3. The van der Waals surface area contributed by atoms with Gasteiger partial charge in [0.2, 0.25) is 0 Å². The summed E-state index contributed by atoms with van der Waals surface area (Å²) >= 11 is 0. The third kappa shape index (κ3) is 5.20. The van der Waals surface area contributed by atoms with E-state index in [9.17, 15) is 4.79 Å². The van der Waals surface area contributed by atoms with Gasteiger partial charge < -0.3 is 9.64 Å². The fourth-order valence-electron chi connectivity index (χ4n) is 2.89. The average molecular weight is 319 g/mol. The molecular formula is C18H29N3O2. The molecule has 1 aliphatic heterocycles. The first-order chi connectivity index (χ1) is 10.8. The molecule has 1 fully saturated rings. The minimum atomic E-state index is -0.431. The van der Waals surface area contributed by atoms with E-state index in [1.54, 1.807) is 0 Å². The first kappa shape index (κ1) is 17.7. The van der Waals surface area contributed by atoms with E-state index in [0.29, 0.717) is 5.92 Å². The lowest BCUT2D eigenvalue weighted by Gasteiger charge is -2.27. The number of likely N-dealkylation sites (tertiary alicyclic amines) is 1. The maximum absolute atomic E-state index is 12.1. The van der Waals surface area contributed by atoms with Gasteiger partial charge in [-0.1, -0.05) is 6.07 Å². The van der Waals surface area contributed by atoms with Crippen LogP contribution in [0.5, 0.6) is 0 Å². The summed E-state index contributed by atoms with van der Waals surface area (Å²) in [4.78, 5) is 20.7. The lowest BCUT2D eigenvalue weighted by atomic mass is 10.1. The van der Waals surface area contributed by atoms with Gasteiger partial charge in [-0.05, 0) is 59.2 Å². The van der Waals surface area contributed by atoms with E-state index in [2.05, 4.69) is 29.9 Å². The van der Waals surface area contributed by atoms with Crippen molar-refractivity contribution in [2.45, 2.75) is 45.8 Å². The average Bonchev–Trinajstić information content (AvgIpc) is 2.94. The Morgan fingerprint density at radius 3 is 2.83 bits per heavy atom. The molecule has 0 N–H and O–H groups in total. The second kappa shape index (κ2) is 7.30. The van der Waals surface area contributed by atoms with Crippen LogP contribution in [0, 0.1) is 5.92 Å². The van der Waals surface area contributed by atoms with Crippen molar-refractivity contribution in [1.29, 1.82) is 0 Å². The number of carbonyl (C=O) groups excluding carboxylic acids is 1. The molecule has 0 aliphatic carbocycles. The maximum Gasteiger partial charge on any atom is 0.410 e. The lowest BCUT2D eigenvalue weighted by Crippen LogP contribution is -2.36. The van der Waals surface area contributed by atoms with Crippen LogP contribution in [0.4, 0.5) is 4.79 Å². The number of carbonyl (C=O) groups is 1. The molecule has 23 heavy (non-hydrogen) atoms. The van der Waals surface area contributed by atoms with Crippen molar-refractivity contribution >= 4 is 6.09 Å². The number of rotatable bonds is 4. The number of hydrogen-bond donors (Lipinski definition) is 0. The zero-order valence-electron chi connectivity index (χ0n) is 15.0. The summed E-state index contributed by atoms with van der Waals surface area (Å²) < 4.78 is 5.46. The Bertz CT molecular complexity index is 513. The second-order valence-corrected chi connectivity index (χ2v) is 7.45. The fourth-order valence-corrected chi connectivity index (χ4v) is 2.89. The van der Waals surface area contributed by atoms with Crippen LogP contribution < -0.4 is 0 Å². The Hall–Kier alpha value is -1.62. The zero-order valence-corrected chi connectivity index (χ0v) is 15.0. The summed E-state index contributed by atoms with van der Waals surface area (Å²) in [6.07, 6.45) is 2.67. The number of pyridine rings is 1. The van der Waals surface area contributed by atoms with Crippen LogP contribution in [-0.4, -0.2) is 53.2 Å². The Labute approximate surface area is 139 Å². The molecule has 0 spiro atoms. The van der Waals surface area contributed by atoms with Crippen molar-refractivity contribution in [3.8, 4) is 0 Å². The molecule has 1 aliphatic rings. The predicted molar refractivity (Wildman–Crippen MR) is 91.2 cm³/mol. The lowest BCUT2D eigenvalue weighted by molar-refractivity contribution is 0.0285. The van der Waals surface area contributed by atoms with Crippen LogP contribution >= 0.6 is 0 Å². The van der Waals surface area contributed by atoms with Crippen molar-refractivity contribution in [2.24, 2.45) is 5.92 Å². The number of amides is 1. The number of aromatic nitrogens is 1. The topological polar surface area (TPSA) is 45.7 Å². The molecule has 0 radical (unpaired) electrons. The normalized spacial score (nSPS) is 19.9. The van der Waals surface area contributed by atoms with E-state index in [-0.39, 0.29) is 12.1 Å². The van der Waals surface area contributed by atoms with Gasteiger partial charge in [-0.25, -0.2) is 4.79 Å². The Balaban J connectivity index is 1.84. The van der Waals surface area contributed by atoms with Gasteiger partial charge in [0.05, 0.1) is 5.69 Å². The maximum atomic E-state index is 12.1. The van der Waals surface area contributed by atoms with E-state index < -0.39 is 5.60 Å². The molecule has 2 rings (SSSR count). The van der Waals surface area contributed by atoms with Crippen molar-refractivity contribution < 1.29 is 9.53 Å². The smallest absolute Gasteiger partial charge is 0.410 e. The molecule has 1 amide bonds. The molecular weight excluding hydrogens is 290 g/mol. The quantitative estimate of drug-likeness (QED) is 0.854. The van der Waals surface area contributed by atoms with Crippen LogP contribution in [-0.2, 0) is 4.74 Å². The highest BCUT2D eigenvalue weighted by Gasteiger charge is 2.30. The van der Waals surface area contributed by atoms with Gasteiger partial charge in [0.1, 0.15) is 5.60 Å². The highest BCUT2D eigenvalue weighted by molar-refractivity contribution is 5.68. The summed E-state index contributed by atoms with van der Waals surface area (Å²) in [6, 6.07) is 6.29. The van der Waals surface area contributed by atoms with Gasteiger partial charge in [0, 0.05) is 31.9 Å². The van der Waals surface area contributed by atoms with E-state index in [1.807, 2.05) is 44.0 Å². The standard InChI is InChI=1S/C18H29N3O2/c1-14(16-8-6-7-10-19-16)20(5)12-15-9-11-21(13-15)17(22)23-18(2,3)4/h6-8,10,14-15H,9,11-13H2,1-5H3. The third-order valence-electron chi connectivity index (χ3n) is 4.26. The van der Waals surface area contributed by atoms with E-state index in [0.717, 1.165) is 31.7 Å². The first-order valence-electron chi connectivity index (χ1n) is 8.35. The van der Waals surface area contributed by atoms with Crippen LogP contribution in [0.3, 0.4) is 0 Å². The predicted octanol–water partition coefficient (Wildman–Crippen LogP) is 3.33. The molecule has 1 aromatic heterocycles. The van der Waals surface area contributed by atoms with E-state index in [4.69, 9.17) is 4.74 Å². The highest BCUT2D eigenvalue weighted by Crippen LogP contribution is 2.23. The molecule has 128 valence electrons. The van der Waals surface area contributed by atoms with Crippen LogP contribution in [0.25, 0.3) is 0 Å². The van der Waals surface area contributed by atoms with E-state index >= 15 is 0 Å². The minimum absolute atomic E-state index is 0.194. The Kier molecular flexibility index (Phi) is 5.63.